The minimum absolute atomic E-state index is 0.148. The first-order valence-corrected chi connectivity index (χ1v) is 9.26. The largest absolute Gasteiger partial charge is 0.240 e. The third kappa shape index (κ3) is 3.80. The molecule has 2 rings (SSSR count). The molecule has 0 amide bonds. The molecule has 0 unspecified atom stereocenters. The van der Waals surface area contributed by atoms with Crippen molar-refractivity contribution in [3.05, 3.63) is 29.8 Å². The van der Waals surface area contributed by atoms with Gasteiger partial charge in [0.05, 0.1) is 4.90 Å². The van der Waals surface area contributed by atoms with Gasteiger partial charge in [-0.25, -0.2) is 13.1 Å². The highest BCUT2D eigenvalue weighted by molar-refractivity contribution is 9.09. The lowest BCUT2D eigenvalue weighted by Gasteiger charge is -2.13. The summed E-state index contributed by atoms with van der Waals surface area (Å²) in [6.07, 6.45) is 4.24. The van der Waals surface area contributed by atoms with Crippen molar-refractivity contribution in [1.29, 1.82) is 0 Å². The van der Waals surface area contributed by atoms with E-state index in [2.05, 4.69) is 27.6 Å². The topological polar surface area (TPSA) is 46.2 Å². The van der Waals surface area contributed by atoms with Crippen molar-refractivity contribution >= 4 is 26.0 Å². The van der Waals surface area contributed by atoms with E-state index >= 15 is 0 Å². The summed E-state index contributed by atoms with van der Waals surface area (Å²) in [5.74, 6) is 0. The van der Waals surface area contributed by atoms with Crippen LogP contribution in [0.25, 0.3) is 0 Å². The third-order valence-electron chi connectivity index (χ3n) is 3.65. The summed E-state index contributed by atoms with van der Waals surface area (Å²) in [6, 6.07) is 7.19. The van der Waals surface area contributed by atoms with Crippen molar-refractivity contribution in [3.63, 3.8) is 0 Å². The van der Waals surface area contributed by atoms with Crippen molar-refractivity contribution in [2.24, 2.45) is 5.41 Å². The fraction of sp³-hybridized carbons (Fsp3) is 0.571. The molecule has 1 aromatic carbocycles. The average molecular weight is 346 g/mol. The lowest BCUT2D eigenvalue weighted by Crippen LogP contribution is -2.31. The van der Waals surface area contributed by atoms with E-state index in [1.165, 1.54) is 5.56 Å². The molecular weight excluding hydrogens is 326 g/mol. The molecule has 0 aromatic heterocycles. The Morgan fingerprint density at radius 1 is 1.26 bits per heavy atom. The second-order valence-electron chi connectivity index (χ2n) is 5.35. The van der Waals surface area contributed by atoms with Gasteiger partial charge < -0.3 is 0 Å². The highest BCUT2D eigenvalue weighted by Gasteiger charge is 2.42. The van der Waals surface area contributed by atoms with Crippen molar-refractivity contribution < 1.29 is 8.42 Å². The van der Waals surface area contributed by atoms with E-state index in [0.29, 0.717) is 11.4 Å². The molecule has 1 saturated carbocycles. The fourth-order valence-corrected chi connectivity index (χ4v) is 3.91. The number of nitrogens with one attached hydrogen (secondary N) is 1. The van der Waals surface area contributed by atoms with Gasteiger partial charge in [0.15, 0.2) is 0 Å². The van der Waals surface area contributed by atoms with E-state index in [1.54, 1.807) is 12.1 Å². The number of sulfonamides is 1. The number of hydrogen-bond donors (Lipinski definition) is 1. The molecule has 0 atom stereocenters. The summed E-state index contributed by atoms with van der Waals surface area (Å²) < 4.78 is 27.1. The number of aryl methyl sites for hydroxylation is 1. The van der Waals surface area contributed by atoms with Crippen LogP contribution < -0.4 is 4.72 Å². The molecule has 5 heteroatoms. The van der Waals surface area contributed by atoms with Crippen LogP contribution in [0.5, 0.6) is 0 Å². The van der Waals surface area contributed by atoms with Crippen LogP contribution >= 0.6 is 15.9 Å². The van der Waals surface area contributed by atoms with Crippen LogP contribution in [0, 0.1) is 5.41 Å². The van der Waals surface area contributed by atoms with E-state index in [1.807, 2.05) is 12.1 Å². The number of benzene rings is 1. The van der Waals surface area contributed by atoms with Crippen molar-refractivity contribution in [3.8, 4) is 0 Å². The van der Waals surface area contributed by atoms with Crippen LogP contribution in [0.4, 0.5) is 0 Å². The molecule has 0 heterocycles. The molecule has 1 aliphatic carbocycles. The zero-order valence-corrected chi connectivity index (χ0v) is 13.6. The maximum Gasteiger partial charge on any atom is 0.240 e. The molecule has 1 fully saturated rings. The summed E-state index contributed by atoms with van der Waals surface area (Å²) in [5, 5.41) is 0.859. The SMILES string of the molecule is CCCc1ccc(S(=O)(=O)NCC2(CBr)CC2)cc1. The van der Waals surface area contributed by atoms with Gasteiger partial charge in [-0.05, 0) is 42.4 Å². The molecule has 0 spiro atoms. The normalized spacial score (nSPS) is 17.4. The molecule has 0 radical (unpaired) electrons. The minimum atomic E-state index is -3.37. The van der Waals surface area contributed by atoms with Crippen LogP contribution in [0.15, 0.2) is 29.2 Å². The molecule has 1 aromatic rings. The number of halogens is 1. The van der Waals surface area contributed by atoms with Gasteiger partial charge in [-0.15, -0.1) is 0 Å². The molecule has 0 aliphatic heterocycles. The molecule has 1 N–H and O–H groups in total. The molecule has 1 aliphatic rings. The summed E-state index contributed by atoms with van der Waals surface area (Å²) in [5.41, 5.74) is 1.33. The standard InChI is InChI=1S/C14H20BrNO2S/c1-2-3-12-4-6-13(7-5-12)19(17,18)16-11-14(10-15)8-9-14/h4-7,16H,2-3,8-11H2,1H3. The van der Waals surface area contributed by atoms with Crippen LogP contribution in [-0.4, -0.2) is 20.3 Å². The first kappa shape index (κ1) is 15.0. The Labute approximate surface area is 124 Å². The molecule has 19 heavy (non-hydrogen) atoms. The molecular formula is C14H20BrNO2S. The highest BCUT2D eigenvalue weighted by Crippen LogP contribution is 2.46. The minimum Gasteiger partial charge on any atom is -0.211 e. The Morgan fingerprint density at radius 2 is 1.89 bits per heavy atom. The number of rotatable bonds is 7. The number of alkyl halides is 1. The van der Waals surface area contributed by atoms with Gasteiger partial charge in [0.25, 0.3) is 0 Å². The predicted molar refractivity (Wildman–Crippen MR) is 81.1 cm³/mol. The Morgan fingerprint density at radius 3 is 2.37 bits per heavy atom. The molecule has 0 bridgehead atoms. The Balaban J connectivity index is 2.02. The second-order valence-corrected chi connectivity index (χ2v) is 7.68. The van der Waals surface area contributed by atoms with E-state index in [-0.39, 0.29) is 5.41 Å². The first-order valence-electron chi connectivity index (χ1n) is 6.66. The Bertz CT molecular complexity index is 521. The maximum atomic E-state index is 12.2. The summed E-state index contributed by atoms with van der Waals surface area (Å²) in [6.45, 7) is 2.64. The maximum absolute atomic E-state index is 12.2. The fourth-order valence-electron chi connectivity index (χ4n) is 1.99. The zero-order valence-electron chi connectivity index (χ0n) is 11.2. The zero-order chi connectivity index (χ0) is 13.9. The van der Waals surface area contributed by atoms with Gasteiger partial charge in [0, 0.05) is 11.9 Å². The van der Waals surface area contributed by atoms with Gasteiger partial charge in [-0.2, -0.15) is 0 Å². The Kier molecular flexibility index (Phi) is 4.69. The second kappa shape index (κ2) is 5.94. The monoisotopic (exact) mass is 345 g/mol. The summed E-state index contributed by atoms with van der Waals surface area (Å²) in [4.78, 5) is 0.359. The lowest BCUT2D eigenvalue weighted by atomic mass is 10.1. The van der Waals surface area contributed by atoms with Crippen molar-refractivity contribution in [2.45, 2.75) is 37.5 Å². The van der Waals surface area contributed by atoms with Crippen LogP contribution in [0.2, 0.25) is 0 Å². The van der Waals surface area contributed by atoms with E-state index in [9.17, 15) is 8.42 Å². The van der Waals surface area contributed by atoms with Crippen molar-refractivity contribution in [2.75, 3.05) is 11.9 Å². The van der Waals surface area contributed by atoms with Crippen molar-refractivity contribution in [1.82, 2.24) is 4.72 Å². The van der Waals surface area contributed by atoms with Crippen LogP contribution in [0.1, 0.15) is 31.7 Å². The van der Waals surface area contributed by atoms with E-state index < -0.39 is 10.0 Å². The molecule has 106 valence electrons. The van der Waals surface area contributed by atoms with Gasteiger partial charge >= 0.3 is 0 Å². The summed E-state index contributed by atoms with van der Waals surface area (Å²) in [7, 11) is -3.37. The highest BCUT2D eigenvalue weighted by atomic mass is 79.9. The predicted octanol–water partition coefficient (Wildman–Crippen LogP) is 3.09. The number of hydrogen-bond acceptors (Lipinski definition) is 2. The quantitative estimate of drug-likeness (QED) is 0.771. The van der Waals surface area contributed by atoms with Crippen LogP contribution in [0.3, 0.4) is 0 Å². The lowest BCUT2D eigenvalue weighted by molar-refractivity contribution is 0.538. The molecule has 0 saturated heterocycles. The average Bonchev–Trinajstić information content (AvgIpc) is 3.18. The first-order chi connectivity index (χ1) is 9.01. The van der Waals surface area contributed by atoms with Gasteiger partial charge in [-0.1, -0.05) is 41.4 Å². The summed E-state index contributed by atoms with van der Waals surface area (Å²) >= 11 is 3.45. The van der Waals surface area contributed by atoms with E-state index in [4.69, 9.17) is 0 Å². The van der Waals surface area contributed by atoms with E-state index in [0.717, 1.165) is 31.0 Å². The Hall–Kier alpha value is -0.390. The van der Waals surface area contributed by atoms with Gasteiger partial charge in [-0.3, -0.25) is 0 Å². The van der Waals surface area contributed by atoms with Gasteiger partial charge in [0.2, 0.25) is 10.0 Å². The third-order valence-corrected chi connectivity index (χ3v) is 6.26. The van der Waals surface area contributed by atoms with Gasteiger partial charge in [0.1, 0.15) is 0 Å². The van der Waals surface area contributed by atoms with Crippen LogP contribution in [-0.2, 0) is 16.4 Å². The smallest absolute Gasteiger partial charge is 0.211 e. The molecule has 3 nitrogen and oxygen atoms in total.